The lowest BCUT2D eigenvalue weighted by Crippen LogP contribution is -2.25. The fraction of sp³-hybridized carbons (Fsp3) is 0.200. The second kappa shape index (κ2) is 5.67. The van der Waals surface area contributed by atoms with Crippen molar-refractivity contribution >= 4 is 23.0 Å². The summed E-state index contributed by atoms with van der Waals surface area (Å²) in [7, 11) is 0. The zero-order chi connectivity index (χ0) is 13.8. The van der Waals surface area contributed by atoms with Gasteiger partial charge in [-0.3, -0.25) is 5.43 Å². The summed E-state index contributed by atoms with van der Waals surface area (Å²) in [6.45, 7) is 1.66. The minimum atomic E-state index is -4.70. The maximum atomic E-state index is 11.9. The lowest BCUT2D eigenvalue weighted by atomic mass is 10.1. The molecule has 0 aliphatic rings. The fourth-order valence-electron chi connectivity index (χ4n) is 1.10. The average molecular weight is 277 g/mol. The van der Waals surface area contributed by atoms with Gasteiger partial charge in [0.05, 0.1) is 5.71 Å². The number of hydrogen-bond acceptors (Lipinski definition) is 3. The second-order valence-electron chi connectivity index (χ2n) is 3.25. The summed E-state index contributed by atoms with van der Waals surface area (Å²) in [4.78, 5) is 0. The van der Waals surface area contributed by atoms with Crippen LogP contribution in [0.25, 0.3) is 0 Å². The van der Waals surface area contributed by atoms with Gasteiger partial charge in [0.2, 0.25) is 0 Å². The summed E-state index contributed by atoms with van der Waals surface area (Å²) in [6, 6.07) is 5.29. The number of hydrazone groups is 1. The number of hydrogen-bond donors (Lipinski definition) is 2. The molecule has 0 atom stereocenters. The molecule has 0 unspecified atom stereocenters. The Morgan fingerprint density at radius 3 is 2.33 bits per heavy atom. The second-order valence-corrected chi connectivity index (χ2v) is 3.69. The molecule has 1 aromatic carbocycles. The van der Waals surface area contributed by atoms with E-state index in [-0.39, 0.29) is 10.9 Å². The number of nitrogens with two attached hydrogens (primary N) is 1. The zero-order valence-corrected chi connectivity index (χ0v) is 10.1. The number of thiocarbonyl (C=S) groups is 1. The molecule has 0 aromatic heterocycles. The molecular weight excluding hydrogens is 267 g/mol. The minimum absolute atomic E-state index is 0.00590. The molecule has 0 amide bonds. The van der Waals surface area contributed by atoms with Gasteiger partial charge in [0.25, 0.3) is 0 Å². The summed E-state index contributed by atoms with van der Waals surface area (Å²) in [5.41, 5.74) is 8.71. The number of rotatable bonds is 3. The normalized spacial score (nSPS) is 12.1. The van der Waals surface area contributed by atoms with E-state index >= 15 is 0 Å². The van der Waals surface area contributed by atoms with Gasteiger partial charge in [0, 0.05) is 0 Å². The van der Waals surface area contributed by atoms with Crippen LogP contribution in [0.1, 0.15) is 12.5 Å². The van der Waals surface area contributed by atoms with E-state index in [1.807, 2.05) is 0 Å². The van der Waals surface area contributed by atoms with Crippen molar-refractivity contribution in [2.75, 3.05) is 0 Å². The third kappa shape index (κ3) is 5.00. The molecule has 98 valence electrons. The molecule has 1 rings (SSSR count). The number of alkyl halides is 3. The Morgan fingerprint density at radius 2 is 1.89 bits per heavy atom. The molecule has 3 N–H and O–H groups in total. The molecule has 0 aliphatic carbocycles. The third-order valence-corrected chi connectivity index (χ3v) is 1.93. The lowest BCUT2D eigenvalue weighted by Gasteiger charge is -2.09. The van der Waals surface area contributed by atoms with Gasteiger partial charge in [-0.2, -0.15) is 5.10 Å². The lowest BCUT2D eigenvalue weighted by molar-refractivity contribution is -0.274. The molecule has 0 aliphatic heterocycles. The fourth-order valence-corrected chi connectivity index (χ4v) is 1.15. The Labute approximate surface area is 107 Å². The smallest absolute Gasteiger partial charge is 0.406 e. The molecule has 0 saturated heterocycles. The topological polar surface area (TPSA) is 59.6 Å². The monoisotopic (exact) mass is 277 g/mol. The van der Waals surface area contributed by atoms with Gasteiger partial charge in [-0.1, -0.05) is 0 Å². The van der Waals surface area contributed by atoms with Gasteiger partial charge < -0.3 is 10.5 Å². The van der Waals surface area contributed by atoms with Gasteiger partial charge in [-0.25, -0.2) is 0 Å². The number of nitrogens with one attached hydrogen (secondary N) is 1. The van der Waals surface area contributed by atoms with Gasteiger partial charge in [0.1, 0.15) is 5.75 Å². The van der Waals surface area contributed by atoms with Gasteiger partial charge >= 0.3 is 6.36 Å². The van der Waals surface area contributed by atoms with Crippen molar-refractivity contribution in [3.8, 4) is 5.75 Å². The van der Waals surface area contributed by atoms with E-state index in [4.69, 9.17) is 5.73 Å². The zero-order valence-electron chi connectivity index (χ0n) is 9.28. The van der Waals surface area contributed by atoms with E-state index in [0.717, 1.165) is 0 Å². The SMILES string of the molecule is CC(=NNC(N)=S)c1ccc(OC(F)(F)F)cc1. The highest BCUT2D eigenvalue weighted by molar-refractivity contribution is 7.80. The first-order valence-electron chi connectivity index (χ1n) is 4.74. The predicted molar refractivity (Wildman–Crippen MR) is 65.3 cm³/mol. The largest absolute Gasteiger partial charge is 0.573 e. The molecule has 0 fully saturated rings. The summed E-state index contributed by atoms with van der Waals surface area (Å²) in [5, 5.41) is 3.84. The van der Waals surface area contributed by atoms with Crippen LogP contribution in [0.4, 0.5) is 13.2 Å². The van der Waals surface area contributed by atoms with Gasteiger partial charge in [-0.15, -0.1) is 13.2 Å². The predicted octanol–water partition coefficient (Wildman–Crippen LogP) is 2.14. The molecular formula is C10H10F3N3OS. The molecule has 4 nitrogen and oxygen atoms in total. The van der Waals surface area contributed by atoms with Crippen LogP contribution in [0.5, 0.6) is 5.75 Å². The minimum Gasteiger partial charge on any atom is -0.406 e. The Bertz CT molecular complexity index is 456. The maximum Gasteiger partial charge on any atom is 0.573 e. The van der Waals surface area contributed by atoms with Gasteiger partial charge in [0.15, 0.2) is 5.11 Å². The standard InChI is InChI=1S/C10H10F3N3OS/c1-6(15-16-9(14)18)7-2-4-8(5-3-7)17-10(11,12)13/h2-5H,1H3,(H3,14,16,18). The molecule has 0 radical (unpaired) electrons. The Kier molecular flexibility index (Phi) is 4.49. The summed E-state index contributed by atoms with van der Waals surface area (Å²) in [6.07, 6.45) is -4.70. The number of benzene rings is 1. The summed E-state index contributed by atoms with van der Waals surface area (Å²) < 4.78 is 39.5. The quantitative estimate of drug-likeness (QED) is 0.505. The van der Waals surface area contributed by atoms with Crippen LogP contribution in [0.3, 0.4) is 0 Å². The molecule has 18 heavy (non-hydrogen) atoms. The van der Waals surface area contributed by atoms with E-state index in [1.165, 1.54) is 24.3 Å². The molecule has 1 aromatic rings. The molecule has 0 bridgehead atoms. The van der Waals surface area contributed by atoms with Crippen molar-refractivity contribution in [3.05, 3.63) is 29.8 Å². The van der Waals surface area contributed by atoms with Crippen LogP contribution < -0.4 is 15.9 Å². The highest BCUT2D eigenvalue weighted by Crippen LogP contribution is 2.22. The Balaban J connectivity index is 2.76. The van der Waals surface area contributed by atoms with Crippen LogP contribution in [-0.4, -0.2) is 17.2 Å². The summed E-state index contributed by atoms with van der Waals surface area (Å²) >= 11 is 4.56. The van der Waals surface area contributed by atoms with Crippen LogP contribution in [0.15, 0.2) is 29.4 Å². The van der Waals surface area contributed by atoms with Crippen molar-refractivity contribution in [2.45, 2.75) is 13.3 Å². The highest BCUT2D eigenvalue weighted by Gasteiger charge is 2.30. The Hall–Kier alpha value is -1.83. The summed E-state index contributed by atoms with van der Waals surface area (Å²) in [5.74, 6) is -0.290. The van der Waals surface area contributed by atoms with Crippen molar-refractivity contribution in [2.24, 2.45) is 10.8 Å². The third-order valence-electron chi connectivity index (χ3n) is 1.84. The van der Waals surface area contributed by atoms with E-state index in [9.17, 15) is 13.2 Å². The van der Waals surface area contributed by atoms with E-state index in [1.54, 1.807) is 6.92 Å². The van der Waals surface area contributed by atoms with Gasteiger partial charge in [-0.05, 0) is 49.0 Å². The van der Waals surface area contributed by atoms with Crippen LogP contribution in [0.2, 0.25) is 0 Å². The number of nitrogens with zero attached hydrogens (tertiary/aromatic N) is 1. The number of ether oxygens (including phenoxy) is 1. The molecule has 0 spiro atoms. The van der Waals surface area contributed by atoms with E-state index in [0.29, 0.717) is 11.3 Å². The number of halogens is 3. The van der Waals surface area contributed by atoms with E-state index in [2.05, 4.69) is 27.5 Å². The van der Waals surface area contributed by atoms with Crippen LogP contribution in [0, 0.1) is 0 Å². The van der Waals surface area contributed by atoms with Crippen molar-refractivity contribution in [1.29, 1.82) is 0 Å². The van der Waals surface area contributed by atoms with Crippen molar-refractivity contribution < 1.29 is 17.9 Å². The first kappa shape index (κ1) is 14.2. The Morgan fingerprint density at radius 1 is 1.33 bits per heavy atom. The van der Waals surface area contributed by atoms with Crippen LogP contribution >= 0.6 is 12.2 Å². The van der Waals surface area contributed by atoms with Crippen molar-refractivity contribution in [3.63, 3.8) is 0 Å². The highest BCUT2D eigenvalue weighted by atomic mass is 32.1. The van der Waals surface area contributed by atoms with Crippen LogP contribution in [-0.2, 0) is 0 Å². The first-order chi connectivity index (χ1) is 8.28. The average Bonchev–Trinajstić information content (AvgIpc) is 2.24. The van der Waals surface area contributed by atoms with Crippen molar-refractivity contribution in [1.82, 2.24) is 5.43 Å². The maximum absolute atomic E-state index is 11.9. The van der Waals surface area contributed by atoms with E-state index < -0.39 is 6.36 Å². The molecule has 8 heteroatoms. The molecule has 0 heterocycles. The first-order valence-corrected chi connectivity index (χ1v) is 5.14. The molecule has 0 saturated carbocycles.